The van der Waals surface area contributed by atoms with Crippen LogP contribution in [0.4, 0.5) is 0 Å². The first-order valence-corrected chi connectivity index (χ1v) is 7.28. The third-order valence-corrected chi connectivity index (χ3v) is 3.18. The molecule has 1 rings (SSSR count). The number of halogens is 1. The molecule has 0 aromatic heterocycles. The number of ether oxygens (including phenoxy) is 2. The molecular weight excluding hydrogens is 264 g/mol. The Balaban J connectivity index is 3.01. The summed E-state index contributed by atoms with van der Waals surface area (Å²) < 4.78 is 11.0. The number of hydrogen-bond acceptors (Lipinski definition) is 3. The Morgan fingerprint density at radius 3 is 2.21 bits per heavy atom. The zero-order chi connectivity index (χ0) is 14.3. The zero-order valence-corrected chi connectivity index (χ0v) is 12.7. The van der Waals surface area contributed by atoms with Crippen LogP contribution in [0.2, 0.25) is 5.02 Å². The number of hydrogen-bond donors (Lipinski definition) is 1. The molecular formula is C15H23ClO3. The van der Waals surface area contributed by atoms with Gasteiger partial charge in [-0.25, -0.2) is 0 Å². The van der Waals surface area contributed by atoms with Gasteiger partial charge in [0.15, 0.2) is 11.5 Å². The van der Waals surface area contributed by atoms with Crippen molar-refractivity contribution in [2.45, 2.75) is 46.1 Å². The van der Waals surface area contributed by atoms with E-state index >= 15 is 0 Å². The highest BCUT2D eigenvalue weighted by Gasteiger charge is 2.16. The maximum Gasteiger partial charge on any atom is 0.162 e. The van der Waals surface area contributed by atoms with E-state index in [4.69, 9.17) is 21.1 Å². The van der Waals surface area contributed by atoms with E-state index in [1.54, 1.807) is 12.1 Å². The minimum Gasteiger partial charge on any atom is -0.490 e. The predicted octanol–water partition coefficient (Wildman–Crippen LogP) is 4.36. The Hall–Kier alpha value is -0.930. The molecule has 0 radical (unpaired) electrons. The molecule has 1 aromatic rings. The minimum atomic E-state index is -0.553. The summed E-state index contributed by atoms with van der Waals surface area (Å²) >= 11 is 6.22. The van der Waals surface area contributed by atoms with Gasteiger partial charge in [-0.1, -0.05) is 31.4 Å². The topological polar surface area (TPSA) is 38.7 Å². The van der Waals surface area contributed by atoms with Crippen molar-refractivity contribution in [1.29, 1.82) is 0 Å². The summed E-state index contributed by atoms with van der Waals surface area (Å²) in [5, 5.41) is 10.7. The second kappa shape index (κ2) is 8.28. The van der Waals surface area contributed by atoms with Crippen LogP contribution in [0.5, 0.6) is 11.5 Å². The number of aliphatic hydroxyl groups is 1. The molecule has 0 aliphatic carbocycles. The molecule has 1 aromatic carbocycles. The van der Waals surface area contributed by atoms with Crippen LogP contribution in [0.3, 0.4) is 0 Å². The van der Waals surface area contributed by atoms with Crippen LogP contribution >= 0.6 is 11.6 Å². The van der Waals surface area contributed by atoms with Crippen molar-refractivity contribution < 1.29 is 14.6 Å². The van der Waals surface area contributed by atoms with Gasteiger partial charge >= 0.3 is 0 Å². The Kier molecular flexibility index (Phi) is 7.03. The first-order valence-electron chi connectivity index (χ1n) is 6.91. The summed E-state index contributed by atoms with van der Waals surface area (Å²) in [5.41, 5.74) is 0.710. The molecule has 0 saturated heterocycles. The van der Waals surface area contributed by atoms with Crippen LogP contribution < -0.4 is 9.47 Å². The van der Waals surface area contributed by atoms with Gasteiger partial charge in [-0.2, -0.15) is 0 Å². The quantitative estimate of drug-likeness (QED) is 0.771. The van der Waals surface area contributed by atoms with Gasteiger partial charge in [0, 0.05) is 11.6 Å². The van der Waals surface area contributed by atoms with Gasteiger partial charge in [-0.05, 0) is 26.3 Å². The van der Waals surface area contributed by atoms with E-state index in [0.717, 1.165) is 12.8 Å². The number of unbranched alkanes of at least 4 members (excludes halogenated alkanes) is 1. The maximum atomic E-state index is 10.2. The SMILES string of the molecule is CCCCC(O)c1cc(OCC)c(OCC)cc1Cl. The second-order valence-electron chi connectivity index (χ2n) is 4.34. The summed E-state index contributed by atoms with van der Waals surface area (Å²) in [6.45, 7) is 7.02. The summed E-state index contributed by atoms with van der Waals surface area (Å²) in [4.78, 5) is 0. The average molecular weight is 287 g/mol. The third-order valence-electron chi connectivity index (χ3n) is 2.85. The maximum absolute atomic E-state index is 10.2. The molecule has 0 spiro atoms. The predicted molar refractivity (Wildman–Crippen MR) is 78.3 cm³/mol. The van der Waals surface area contributed by atoms with E-state index in [1.165, 1.54) is 0 Å². The van der Waals surface area contributed by atoms with Gasteiger partial charge in [-0.15, -0.1) is 0 Å². The normalized spacial score (nSPS) is 12.3. The van der Waals surface area contributed by atoms with Crippen LogP contribution in [0.1, 0.15) is 51.7 Å². The van der Waals surface area contributed by atoms with E-state index in [0.29, 0.717) is 41.7 Å². The lowest BCUT2D eigenvalue weighted by molar-refractivity contribution is 0.163. The van der Waals surface area contributed by atoms with Gasteiger partial charge in [0.2, 0.25) is 0 Å². The van der Waals surface area contributed by atoms with E-state index in [9.17, 15) is 5.11 Å². The molecule has 1 atom stereocenters. The zero-order valence-electron chi connectivity index (χ0n) is 11.9. The summed E-state index contributed by atoms with van der Waals surface area (Å²) in [6.07, 6.45) is 2.16. The van der Waals surface area contributed by atoms with E-state index in [-0.39, 0.29) is 0 Å². The van der Waals surface area contributed by atoms with Crippen molar-refractivity contribution in [3.05, 3.63) is 22.7 Å². The molecule has 19 heavy (non-hydrogen) atoms. The van der Waals surface area contributed by atoms with Crippen molar-refractivity contribution in [3.63, 3.8) is 0 Å². The number of rotatable bonds is 8. The molecule has 108 valence electrons. The van der Waals surface area contributed by atoms with E-state index in [1.807, 2.05) is 13.8 Å². The number of benzene rings is 1. The van der Waals surface area contributed by atoms with Crippen LogP contribution in [0.15, 0.2) is 12.1 Å². The van der Waals surface area contributed by atoms with Crippen LogP contribution in [-0.2, 0) is 0 Å². The molecule has 0 saturated carbocycles. The molecule has 4 heteroatoms. The molecule has 0 bridgehead atoms. The molecule has 0 heterocycles. The number of aliphatic hydroxyl groups excluding tert-OH is 1. The first kappa shape index (κ1) is 16.1. The molecule has 1 unspecified atom stereocenters. The largest absolute Gasteiger partial charge is 0.490 e. The Bertz CT molecular complexity index is 393. The molecule has 1 N–H and O–H groups in total. The smallest absolute Gasteiger partial charge is 0.162 e. The van der Waals surface area contributed by atoms with Crippen LogP contribution in [-0.4, -0.2) is 18.3 Å². The van der Waals surface area contributed by atoms with Crippen molar-refractivity contribution in [3.8, 4) is 11.5 Å². The van der Waals surface area contributed by atoms with Crippen LogP contribution in [0, 0.1) is 0 Å². The van der Waals surface area contributed by atoms with E-state index in [2.05, 4.69) is 6.92 Å². The lowest BCUT2D eigenvalue weighted by atomic mass is 10.0. The molecule has 0 fully saturated rings. The highest BCUT2D eigenvalue weighted by atomic mass is 35.5. The highest BCUT2D eigenvalue weighted by molar-refractivity contribution is 6.31. The Morgan fingerprint density at radius 1 is 1.11 bits per heavy atom. The first-order chi connectivity index (χ1) is 9.13. The summed E-state index contributed by atoms with van der Waals surface area (Å²) in [7, 11) is 0. The lowest BCUT2D eigenvalue weighted by Crippen LogP contribution is -2.03. The van der Waals surface area contributed by atoms with Gasteiger partial charge in [0.05, 0.1) is 24.3 Å². The average Bonchev–Trinajstić information content (AvgIpc) is 2.39. The van der Waals surface area contributed by atoms with Gasteiger partial charge in [0.1, 0.15) is 0 Å². The van der Waals surface area contributed by atoms with Crippen molar-refractivity contribution in [2.75, 3.05) is 13.2 Å². The van der Waals surface area contributed by atoms with Crippen molar-refractivity contribution in [1.82, 2.24) is 0 Å². The molecule has 0 aliphatic rings. The van der Waals surface area contributed by atoms with Gasteiger partial charge in [0.25, 0.3) is 0 Å². The van der Waals surface area contributed by atoms with E-state index < -0.39 is 6.10 Å². The highest BCUT2D eigenvalue weighted by Crippen LogP contribution is 2.37. The van der Waals surface area contributed by atoms with Gasteiger partial charge < -0.3 is 14.6 Å². The van der Waals surface area contributed by atoms with Crippen molar-refractivity contribution in [2.24, 2.45) is 0 Å². The Morgan fingerprint density at radius 2 is 1.68 bits per heavy atom. The second-order valence-corrected chi connectivity index (χ2v) is 4.75. The third kappa shape index (κ3) is 4.59. The monoisotopic (exact) mass is 286 g/mol. The fraction of sp³-hybridized carbons (Fsp3) is 0.600. The van der Waals surface area contributed by atoms with Crippen molar-refractivity contribution >= 4 is 11.6 Å². The molecule has 0 aliphatic heterocycles. The van der Waals surface area contributed by atoms with Crippen LogP contribution in [0.25, 0.3) is 0 Å². The standard InChI is InChI=1S/C15H23ClO3/c1-4-7-8-13(17)11-9-14(18-5-2)15(19-6-3)10-12(11)16/h9-10,13,17H,4-8H2,1-3H3. The minimum absolute atomic E-state index is 0.524. The fourth-order valence-electron chi connectivity index (χ4n) is 1.90. The lowest BCUT2D eigenvalue weighted by Gasteiger charge is -2.17. The fourth-order valence-corrected chi connectivity index (χ4v) is 2.18. The molecule has 0 amide bonds. The Labute approximate surface area is 120 Å². The van der Waals surface area contributed by atoms with Gasteiger partial charge in [-0.3, -0.25) is 0 Å². The summed E-state index contributed by atoms with van der Waals surface area (Å²) in [6, 6.07) is 3.51. The summed E-state index contributed by atoms with van der Waals surface area (Å²) in [5.74, 6) is 1.26. The molecule has 3 nitrogen and oxygen atoms in total.